The molecule has 2 heterocycles. The van der Waals surface area contributed by atoms with Crippen LogP contribution in [0.5, 0.6) is 0 Å². The summed E-state index contributed by atoms with van der Waals surface area (Å²) in [5, 5.41) is 1.27. The summed E-state index contributed by atoms with van der Waals surface area (Å²) in [7, 11) is 0. The minimum atomic E-state index is -0.624. The second-order valence-corrected chi connectivity index (χ2v) is 6.44. The number of rotatable bonds is 4. The van der Waals surface area contributed by atoms with Crippen molar-refractivity contribution in [2.45, 2.75) is 13.8 Å². The predicted molar refractivity (Wildman–Crippen MR) is 104 cm³/mol. The number of hydrogen-bond donors (Lipinski definition) is 0. The van der Waals surface area contributed by atoms with Gasteiger partial charge in [-0.15, -0.1) is 0 Å². The monoisotopic (exact) mass is 408 g/mol. The molecule has 2 aromatic carbocycles. The fraction of sp³-hybridized carbons (Fsp3) is 0.182. The SMILES string of the molecule is CCOC(=O)/C=C1\OC(=O)c2cc3cc4c(cc3cc21)/C(=C\C(=O)OCC)OC4=O. The number of hydrogen-bond acceptors (Lipinski definition) is 8. The van der Waals surface area contributed by atoms with Crippen LogP contribution in [-0.2, 0) is 28.5 Å². The van der Waals surface area contributed by atoms with Gasteiger partial charge in [-0.05, 0) is 48.9 Å². The van der Waals surface area contributed by atoms with Crippen LogP contribution in [0.1, 0.15) is 45.7 Å². The van der Waals surface area contributed by atoms with E-state index in [0.29, 0.717) is 21.9 Å². The lowest BCUT2D eigenvalue weighted by molar-refractivity contribution is -0.138. The Labute approximate surface area is 170 Å². The van der Waals surface area contributed by atoms with Crippen LogP contribution in [-0.4, -0.2) is 37.1 Å². The molecule has 0 spiro atoms. The molecule has 8 heteroatoms. The second-order valence-electron chi connectivity index (χ2n) is 6.44. The first-order valence-corrected chi connectivity index (χ1v) is 9.25. The van der Waals surface area contributed by atoms with Crippen LogP contribution in [0.15, 0.2) is 36.4 Å². The zero-order valence-corrected chi connectivity index (χ0v) is 16.1. The molecule has 2 aromatic rings. The van der Waals surface area contributed by atoms with Crippen LogP contribution >= 0.6 is 0 Å². The summed E-state index contributed by atoms with van der Waals surface area (Å²) in [5.41, 5.74) is 1.40. The van der Waals surface area contributed by atoms with E-state index in [-0.39, 0.29) is 35.9 Å². The molecule has 152 valence electrons. The number of fused-ring (bicyclic) bond motifs is 3. The number of ether oxygens (including phenoxy) is 4. The molecular weight excluding hydrogens is 392 g/mol. The lowest BCUT2D eigenvalue weighted by Gasteiger charge is -2.05. The maximum absolute atomic E-state index is 12.2. The Balaban J connectivity index is 1.83. The summed E-state index contributed by atoms with van der Waals surface area (Å²) in [6.07, 6.45) is 2.23. The predicted octanol–water partition coefficient (Wildman–Crippen LogP) is 2.99. The first kappa shape index (κ1) is 19.4. The number of benzene rings is 2. The molecule has 2 aliphatic heterocycles. The highest BCUT2D eigenvalue weighted by molar-refractivity contribution is 6.12. The highest BCUT2D eigenvalue weighted by Gasteiger charge is 2.31. The molecule has 2 aliphatic rings. The van der Waals surface area contributed by atoms with Crippen molar-refractivity contribution in [3.8, 4) is 0 Å². The fourth-order valence-electron chi connectivity index (χ4n) is 3.31. The number of esters is 4. The van der Waals surface area contributed by atoms with Crippen molar-refractivity contribution in [2.24, 2.45) is 0 Å². The average Bonchev–Trinajstić information content (AvgIpc) is 3.15. The van der Waals surface area contributed by atoms with Gasteiger partial charge in [0, 0.05) is 11.1 Å². The van der Waals surface area contributed by atoms with E-state index in [9.17, 15) is 19.2 Å². The first-order chi connectivity index (χ1) is 14.4. The van der Waals surface area contributed by atoms with Crippen molar-refractivity contribution >= 4 is 46.2 Å². The molecule has 0 unspecified atom stereocenters. The molecular formula is C22H16O8. The largest absolute Gasteiger partial charge is 0.463 e. The molecule has 0 N–H and O–H groups in total. The maximum Gasteiger partial charge on any atom is 0.344 e. The van der Waals surface area contributed by atoms with Crippen LogP contribution in [0.4, 0.5) is 0 Å². The highest BCUT2D eigenvalue weighted by atomic mass is 16.6. The van der Waals surface area contributed by atoms with E-state index in [1.165, 1.54) is 0 Å². The van der Waals surface area contributed by atoms with Gasteiger partial charge in [0.25, 0.3) is 0 Å². The fourth-order valence-corrected chi connectivity index (χ4v) is 3.31. The number of carbonyl (C=O) groups excluding carboxylic acids is 4. The Morgan fingerprint density at radius 1 is 0.733 bits per heavy atom. The lowest BCUT2D eigenvalue weighted by Crippen LogP contribution is -2.01. The molecule has 0 amide bonds. The molecule has 0 fully saturated rings. The van der Waals surface area contributed by atoms with Gasteiger partial charge in [-0.2, -0.15) is 0 Å². The smallest absolute Gasteiger partial charge is 0.344 e. The van der Waals surface area contributed by atoms with Crippen LogP contribution in [0.2, 0.25) is 0 Å². The third kappa shape index (κ3) is 3.32. The molecule has 0 bridgehead atoms. The standard InChI is InChI=1S/C22H16O8/c1-3-27-19(23)9-17-13-5-11-6-14-16(8-12(11)7-15(13)21(25)29-17)22(26)30-18(14)10-20(24)28-4-2/h5-10H,3-4H2,1-2H3/b17-9-,18-10+. The molecule has 0 saturated heterocycles. The summed E-state index contributed by atoms with van der Waals surface area (Å²) in [5.74, 6) is -2.28. The Hall–Kier alpha value is -3.94. The molecule has 0 saturated carbocycles. The summed E-state index contributed by atoms with van der Waals surface area (Å²) >= 11 is 0. The Bertz CT molecular complexity index is 1100. The van der Waals surface area contributed by atoms with Crippen LogP contribution in [0.25, 0.3) is 22.3 Å². The molecule has 4 rings (SSSR count). The highest BCUT2D eigenvalue weighted by Crippen LogP contribution is 2.37. The van der Waals surface area contributed by atoms with E-state index in [0.717, 1.165) is 12.2 Å². The molecule has 0 aromatic heterocycles. The minimum Gasteiger partial charge on any atom is -0.463 e. The number of carbonyl (C=O) groups is 4. The van der Waals surface area contributed by atoms with Gasteiger partial charge in [0.2, 0.25) is 0 Å². The van der Waals surface area contributed by atoms with Gasteiger partial charge in [-0.3, -0.25) is 0 Å². The summed E-state index contributed by atoms with van der Waals surface area (Å²) in [4.78, 5) is 48.0. The van der Waals surface area contributed by atoms with Crippen molar-refractivity contribution in [3.05, 3.63) is 58.7 Å². The molecule has 30 heavy (non-hydrogen) atoms. The van der Waals surface area contributed by atoms with E-state index in [1.807, 2.05) is 0 Å². The molecule has 0 radical (unpaired) electrons. The first-order valence-electron chi connectivity index (χ1n) is 9.25. The second kappa shape index (κ2) is 7.47. The topological polar surface area (TPSA) is 105 Å². The van der Waals surface area contributed by atoms with Crippen LogP contribution in [0.3, 0.4) is 0 Å². The minimum absolute atomic E-state index is 0.0884. The lowest BCUT2D eigenvalue weighted by atomic mass is 9.96. The Kier molecular flexibility index (Phi) is 4.83. The summed E-state index contributed by atoms with van der Waals surface area (Å²) < 4.78 is 20.1. The molecule has 8 nitrogen and oxygen atoms in total. The molecule has 0 atom stereocenters. The van der Waals surface area contributed by atoms with E-state index in [2.05, 4.69) is 0 Å². The zero-order valence-electron chi connectivity index (χ0n) is 16.1. The quantitative estimate of drug-likeness (QED) is 0.432. The van der Waals surface area contributed by atoms with Gasteiger partial charge in [0.15, 0.2) is 0 Å². The van der Waals surface area contributed by atoms with Gasteiger partial charge in [0.05, 0.1) is 36.5 Å². The number of cyclic esters (lactones) is 2. The van der Waals surface area contributed by atoms with Gasteiger partial charge in [-0.25, -0.2) is 19.2 Å². The average molecular weight is 408 g/mol. The van der Waals surface area contributed by atoms with E-state index >= 15 is 0 Å². The van der Waals surface area contributed by atoms with Gasteiger partial charge >= 0.3 is 23.9 Å². The van der Waals surface area contributed by atoms with Crippen molar-refractivity contribution in [2.75, 3.05) is 13.2 Å². The van der Waals surface area contributed by atoms with Crippen LogP contribution < -0.4 is 0 Å². The van der Waals surface area contributed by atoms with Gasteiger partial charge < -0.3 is 18.9 Å². The normalized spacial score (nSPS) is 17.0. The third-order valence-electron chi connectivity index (χ3n) is 4.56. The van der Waals surface area contributed by atoms with Gasteiger partial charge in [0.1, 0.15) is 11.5 Å². The van der Waals surface area contributed by atoms with E-state index in [4.69, 9.17) is 18.9 Å². The Morgan fingerprint density at radius 2 is 1.10 bits per heavy atom. The van der Waals surface area contributed by atoms with Gasteiger partial charge in [-0.1, -0.05) is 0 Å². The van der Waals surface area contributed by atoms with Crippen molar-refractivity contribution in [3.63, 3.8) is 0 Å². The van der Waals surface area contributed by atoms with E-state index < -0.39 is 23.9 Å². The van der Waals surface area contributed by atoms with Crippen molar-refractivity contribution < 1.29 is 38.1 Å². The summed E-state index contributed by atoms with van der Waals surface area (Å²) in [6, 6.07) is 6.51. The van der Waals surface area contributed by atoms with Crippen molar-refractivity contribution in [1.82, 2.24) is 0 Å². The molecule has 0 aliphatic carbocycles. The summed E-state index contributed by atoms with van der Waals surface area (Å²) in [6.45, 7) is 3.72. The zero-order chi connectivity index (χ0) is 21.4. The third-order valence-corrected chi connectivity index (χ3v) is 4.56. The Morgan fingerprint density at radius 3 is 1.47 bits per heavy atom. The van der Waals surface area contributed by atoms with E-state index in [1.54, 1.807) is 38.1 Å². The van der Waals surface area contributed by atoms with Crippen molar-refractivity contribution in [1.29, 1.82) is 0 Å². The maximum atomic E-state index is 12.2. The van der Waals surface area contributed by atoms with Crippen LogP contribution in [0, 0.1) is 0 Å².